The minimum Gasteiger partial charge on any atom is -0.381 e. The third-order valence-electron chi connectivity index (χ3n) is 4.67. The van der Waals surface area contributed by atoms with Crippen molar-refractivity contribution in [2.45, 2.75) is 51.0 Å². The number of H-pyrrole nitrogens is 1. The van der Waals surface area contributed by atoms with E-state index in [2.05, 4.69) is 15.3 Å². The third-order valence-corrected chi connectivity index (χ3v) is 4.67. The fourth-order valence-corrected chi connectivity index (χ4v) is 3.39. The molecular weight excluding hydrogens is 280 g/mol. The summed E-state index contributed by atoms with van der Waals surface area (Å²) in [5, 5.41) is 10.8. The number of anilines is 1. The van der Waals surface area contributed by atoms with Crippen LogP contribution in [-0.4, -0.2) is 35.4 Å². The summed E-state index contributed by atoms with van der Waals surface area (Å²) < 4.78 is 5.36. The van der Waals surface area contributed by atoms with Crippen LogP contribution in [0.1, 0.15) is 49.9 Å². The van der Waals surface area contributed by atoms with Gasteiger partial charge in [-0.3, -0.25) is 4.79 Å². The first-order valence-corrected chi connectivity index (χ1v) is 8.24. The molecule has 0 amide bonds. The molecule has 1 saturated heterocycles. The molecule has 1 aromatic rings. The summed E-state index contributed by atoms with van der Waals surface area (Å²) >= 11 is 0. The lowest BCUT2D eigenvalue weighted by Crippen LogP contribution is -2.31. The Morgan fingerprint density at radius 2 is 2.00 bits per heavy atom. The molecule has 0 atom stereocenters. The van der Waals surface area contributed by atoms with E-state index in [0.717, 1.165) is 44.5 Å². The second-order valence-electron chi connectivity index (χ2n) is 6.30. The van der Waals surface area contributed by atoms with Crippen molar-refractivity contribution in [2.75, 3.05) is 18.5 Å². The van der Waals surface area contributed by atoms with E-state index in [0.29, 0.717) is 17.3 Å². The van der Waals surface area contributed by atoms with Gasteiger partial charge in [0, 0.05) is 31.9 Å². The van der Waals surface area contributed by atoms with E-state index in [9.17, 15) is 4.79 Å². The van der Waals surface area contributed by atoms with Crippen molar-refractivity contribution in [2.24, 2.45) is 5.92 Å². The molecule has 1 aliphatic heterocycles. The van der Waals surface area contributed by atoms with Crippen LogP contribution in [0.15, 0.2) is 4.79 Å². The first-order chi connectivity index (χ1) is 10.8. The Morgan fingerprint density at radius 1 is 1.27 bits per heavy atom. The molecule has 0 unspecified atom stereocenters. The molecule has 2 fully saturated rings. The highest BCUT2D eigenvalue weighted by Gasteiger charge is 2.20. The van der Waals surface area contributed by atoms with E-state index >= 15 is 0 Å². The van der Waals surface area contributed by atoms with Crippen molar-refractivity contribution < 1.29 is 4.74 Å². The number of nitrogens with one attached hydrogen (secondary N) is 3. The minimum absolute atomic E-state index is 0.215. The van der Waals surface area contributed by atoms with Gasteiger partial charge in [0.15, 0.2) is 0 Å². The molecule has 0 spiro atoms. The Bertz CT molecular complexity index is 572. The monoisotopic (exact) mass is 304 g/mol. The number of aromatic amines is 1. The highest BCUT2D eigenvalue weighted by Crippen LogP contribution is 2.27. The lowest BCUT2D eigenvalue weighted by molar-refractivity contribution is 0.0904. The van der Waals surface area contributed by atoms with Gasteiger partial charge in [-0.15, -0.1) is 0 Å². The van der Waals surface area contributed by atoms with E-state index in [-0.39, 0.29) is 11.6 Å². The molecule has 6 heteroatoms. The molecule has 2 aliphatic rings. The summed E-state index contributed by atoms with van der Waals surface area (Å²) in [6, 6.07) is 0.265. The maximum Gasteiger partial charge on any atom is 0.261 e. The average molecular weight is 304 g/mol. The van der Waals surface area contributed by atoms with Gasteiger partial charge in [-0.1, -0.05) is 25.7 Å². The normalized spacial score (nSPS) is 20.2. The standard InChI is InChI=1S/C16H24N4O2/c17-10-13-15(18-12-5-7-22-8-6-12)19-14(20-16(13)21)9-11-3-1-2-4-11/h10-12,17H,1-9H2,(H2,18,19,20,21). The number of rotatable bonds is 5. The molecule has 120 valence electrons. The lowest BCUT2D eigenvalue weighted by atomic mass is 10.0. The Labute approximate surface area is 130 Å². The molecule has 1 aromatic heterocycles. The summed E-state index contributed by atoms with van der Waals surface area (Å²) in [6.45, 7) is 1.46. The second-order valence-corrected chi connectivity index (χ2v) is 6.30. The van der Waals surface area contributed by atoms with E-state index in [1.807, 2.05) is 0 Å². The van der Waals surface area contributed by atoms with Gasteiger partial charge in [0.25, 0.3) is 5.56 Å². The Morgan fingerprint density at radius 3 is 2.68 bits per heavy atom. The van der Waals surface area contributed by atoms with Crippen LogP contribution in [0.3, 0.4) is 0 Å². The summed E-state index contributed by atoms with van der Waals surface area (Å²) in [7, 11) is 0. The predicted octanol–water partition coefficient (Wildman–Crippen LogP) is 2.09. The second kappa shape index (κ2) is 7.05. The summed E-state index contributed by atoms with van der Waals surface area (Å²) in [5.41, 5.74) is 0.106. The van der Waals surface area contributed by atoms with Crippen LogP contribution in [0.25, 0.3) is 0 Å². The van der Waals surface area contributed by atoms with E-state index < -0.39 is 0 Å². The van der Waals surface area contributed by atoms with Crippen molar-refractivity contribution in [1.82, 2.24) is 9.97 Å². The van der Waals surface area contributed by atoms with Crippen LogP contribution in [0.4, 0.5) is 5.82 Å². The molecule has 22 heavy (non-hydrogen) atoms. The Kier molecular flexibility index (Phi) is 4.87. The van der Waals surface area contributed by atoms with Gasteiger partial charge >= 0.3 is 0 Å². The largest absolute Gasteiger partial charge is 0.381 e. The summed E-state index contributed by atoms with van der Waals surface area (Å²) in [5.74, 6) is 1.93. The van der Waals surface area contributed by atoms with Gasteiger partial charge in [0.1, 0.15) is 11.6 Å². The molecule has 0 bridgehead atoms. The zero-order valence-corrected chi connectivity index (χ0v) is 12.9. The fourth-order valence-electron chi connectivity index (χ4n) is 3.39. The van der Waals surface area contributed by atoms with Crippen LogP contribution in [0, 0.1) is 11.3 Å². The van der Waals surface area contributed by atoms with E-state index in [1.165, 1.54) is 25.7 Å². The molecule has 0 radical (unpaired) electrons. The van der Waals surface area contributed by atoms with Crippen molar-refractivity contribution in [3.05, 3.63) is 21.7 Å². The Hall–Kier alpha value is -1.69. The topological polar surface area (TPSA) is 90.9 Å². The van der Waals surface area contributed by atoms with Crippen molar-refractivity contribution >= 4 is 12.0 Å². The highest BCUT2D eigenvalue weighted by molar-refractivity contribution is 5.83. The Balaban J connectivity index is 1.80. The van der Waals surface area contributed by atoms with Crippen molar-refractivity contribution in [1.29, 1.82) is 5.41 Å². The highest BCUT2D eigenvalue weighted by atomic mass is 16.5. The van der Waals surface area contributed by atoms with Gasteiger partial charge in [-0.25, -0.2) is 4.98 Å². The third kappa shape index (κ3) is 3.55. The predicted molar refractivity (Wildman–Crippen MR) is 85.9 cm³/mol. The van der Waals surface area contributed by atoms with Crippen LogP contribution >= 0.6 is 0 Å². The van der Waals surface area contributed by atoms with Crippen LogP contribution in [-0.2, 0) is 11.2 Å². The quantitative estimate of drug-likeness (QED) is 0.726. The smallest absolute Gasteiger partial charge is 0.261 e. The maximum atomic E-state index is 12.2. The molecule has 6 nitrogen and oxygen atoms in total. The number of hydrogen-bond donors (Lipinski definition) is 3. The fraction of sp³-hybridized carbons (Fsp3) is 0.688. The lowest BCUT2D eigenvalue weighted by Gasteiger charge is -2.24. The van der Waals surface area contributed by atoms with Gasteiger partial charge in [0.05, 0.1) is 5.56 Å². The summed E-state index contributed by atoms with van der Waals surface area (Å²) in [6.07, 6.45) is 8.73. The van der Waals surface area contributed by atoms with Gasteiger partial charge in [-0.2, -0.15) is 0 Å². The van der Waals surface area contributed by atoms with Gasteiger partial charge in [-0.05, 0) is 18.8 Å². The van der Waals surface area contributed by atoms with Gasteiger partial charge in [0.2, 0.25) is 0 Å². The number of ether oxygens (including phenoxy) is 1. The molecule has 2 heterocycles. The van der Waals surface area contributed by atoms with Gasteiger partial charge < -0.3 is 20.4 Å². The zero-order valence-electron chi connectivity index (χ0n) is 12.9. The van der Waals surface area contributed by atoms with Crippen molar-refractivity contribution in [3.63, 3.8) is 0 Å². The first kappa shape index (κ1) is 15.2. The molecule has 0 aromatic carbocycles. The first-order valence-electron chi connectivity index (χ1n) is 8.24. The maximum absolute atomic E-state index is 12.2. The number of hydrogen-bond acceptors (Lipinski definition) is 5. The minimum atomic E-state index is -0.215. The summed E-state index contributed by atoms with van der Waals surface area (Å²) in [4.78, 5) is 19.6. The molecule has 3 rings (SSSR count). The zero-order chi connectivity index (χ0) is 15.4. The molecule has 3 N–H and O–H groups in total. The van der Waals surface area contributed by atoms with Crippen LogP contribution < -0.4 is 10.9 Å². The molecular formula is C16H24N4O2. The van der Waals surface area contributed by atoms with Crippen LogP contribution in [0.5, 0.6) is 0 Å². The van der Waals surface area contributed by atoms with E-state index in [1.54, 1.807) is 0 Å². The molecule has 1 saturated carbocycles. The van der Waals surface area contributed by atoms with Crippen LogP contribution in [0.2, 0.25) is 0 Å². The van der Waals surface area contributed by atoms with E-state index in [4.69, 9.17) is 10.1 Å². The number of nitrogens with zero attached hydrogens (tertiary/aromatic N) is 1. The average Bonchev–Trinajstić information content (AvgIpc) is 3.01. The number of aromatic nitrogens is 2. The molecule has 1 aliphatic carbocycles. The van der Waals surface area contributed by atoms with Crippen molar-refractivity contribution in [3.8, 4) is 0 Å². The SMILES string of the molecule is N=Cc1c(NC2CCOCC2)nc(CC2CCCC2)[nH]c1=O.